The molecule has 0 saturated carbocycles. The maximum Gasteiger partial charge on any atom is 0.0670 e. The number of fused-ring (bicyclic) bond motifs is 3. The monoisotopic (exact) mass is 256 g/mol. The van der Waals surface area contributed by atoms with Gasteiger partial charge >= 0.3 is 0 Å². The zero-order valence-electron chi connectivity index (χ0n) is 11.1. The Morgan fingerprint density at radius 3 is 2.79 bits per heavy atom. The molecule has 0 aliphatic carbocycles. The van der Waals surface area contributed by atoms with Gasteiger partial charge in [-0.1, -0.05) is 0 Å². The van der Waals surface area contributed by atoms with Gasteiger partial charge in [-0.15, -0.1) is 0 Å². The van der Waals surface area contributed by atoms with Crippen molar-refractivity contribution in [1.29, 1.82) is 5.26 Å². The number of nitrogens with zero attached hydrogens (tertiary/aromatic N) is 2. The highest BCUT2D eigenvalue weighted by Crippen LogP contribution is 2.30. The van der Waals surface area contributed by atoms with Gasteiger partial charge in [-0.3, -0.25) is 0 Å². The summed E-state index contributed by atoms with van der Waals surface area (Å²) < 4.78 is 0. The number of benzene rings is 1. The predicted octanol–water partition coefficient (Wildman–Crippen LogP) is 1.84. The van der Waals surface area contributed by atoms with E-state index >= 15 is 0 Å². The third-order valence-electron chi connectivity index (χ3n) is 4.42. The molecule has 3 aliphatic rings. The fourth-order valence-electron chi connectivity index (χ4n) is 3.28. The fourth-order valence-corrected chi connectivity index (χ4v) is 3.28. The second-order valence-corrected chi connectivity index (χ2v) is 5.64. The van der Waals surface area contributed by atoms with Crippen LogP contribution in [0.1, 0.15) is 18.4 Å². The van der Waals surface area contributed by atoms with E-state index in [4.69, 9.17) is 11.0 Å². The van der Waals surface area contributed by atoms with Crippen LogP contribution in [-0.2, 0) is 6.42 Å². The van der Waals surface area contributed by atoms with Crippen molar-refractivity contribution in [2.75, 3.05) is 30.7 Å². The highest BCUT2D eigenvalue weighted by molar-refractivity contribution is 5.58. The summed E-state index contributed by atoms with van der Waals surface area (Å²) in [6, 6.07) is 8.65. The molecule has 0 spiro atoms. The molecule has 4 heteroatoms. The average Bonchev–Trinajstić information content (AvgIpc) is 2.44. The van der Waals surface area contributed by atoms with E-state index in [1.165, 1.54) is 25.9 Å². The van der Waals surface area contributed by atoms with Crippen LogP contribution < -0.4 is 11.1 Å². The summed E-state index contributed by atoms with van der Waals surface area (Å²) in [5.74, 6) is 0.793. The summed E-state index contributed by atoms with van der Waals surface area (Å²) in [5.41, 5.74) is 8.61. The average molecular weight is 256 g/mol. The van der Waals surface area contributed by atoms with Gasteiger partial charge in [0.15, 0.2) is 0 Å². The van der Waals surface area contributed by atoms with Crippen molar-refractivity contribution in [1.82, 2.24) is 4.90 Å². The Morgan fingerprint density at radius 1 is 1.37 bits per heavy atom. The second kappa shape index (κ2) is 5.10. The third kappa shape index (κ3) is 2.52. The van der Waals surface area contributed by atoms with Crippen LogP contribution in [-0.4, -0.2) is 30.6 Å². The van der Waals surface area contributed by atoms with E-state index in [0.717, 1.165) is 23.7 Å². The number of hydrogen-bond donors (Lipinski definition) is 2. The highest BCUT2D eigenvalue weighted by atomic mass is 15.2. The quantitative estimate of drug-likeness (QED) is 0.810. The largest absolute Gasteiger partial charge is 0.398 e. The van der Waals surface area contributed by atoms with Gasteiger partial charge in [0, 0.05) is 24.0 Å². The Balaban J connectivity index is 1.73. The van der Waals surface area contributed by atoms with E-state index in [1.807, 2.05) is 18.2 Å². The Hall–Kier alpha value is -1.73. The second-order valence-electron chi connectivity index (χ2n) is 5.64. The third-order valence-corrected chi connectivity index (χ3v) is 4.42. The van der Waals surface area contributed by atoms with Crippen LogP contribution in [0.25, 0.3) is 0 Å². The number of hydrogen-bond acceptors (Lipinski definition) is 4. The molecule has 100 valence electrons. The summed E-state index contributed by atoms with van der Waals surface area (Å²) >= 11 is 0. The van der Waals surface area contributed by atoms with E-state index in [0.29, 0.717) is 18.2 Å². The first-order valence-corrected chi connectivity index (χ1v) is 7.00. The molecule has 0 amide bonds. The Labute approximate surface area is 114 Å². The molecule has 3 fully saturated rings. The van der Waals surface area contributed by atoms with Gasteiger partial charge in [-0.05, 0) is 55.6 Å². The van der Waals surface area contributed by atoms with Crippen LogP contribution in [0.4, 0.5) is 11.4 Å². The molecule has 1 aromatic carbocycles. The van der Waals surface area contributed by atoms with E-state index in [1.54, 1.807) is 0 Å². The van der Waals surface area contributed by atoms with Crippen molar-refractivity contribution >= 4 is 11.4 Å². The molecule has 3 aliphatic heterocycles. The molecular weight excluding hydrogens is 236 g/mol. The Kier molecular flexibility index (Phi) is 3.31. The molecule has 3 heterocycles. The van der Waals surface area contributed by atoms with Gasteiger partial charge < -0.3 is 16.0 Å². The minimum Gasteiger partial charge on any atom is -0.398 e. The van der Waals surface area contributed by atoms with Crippen LogP contribution in [0.3, 0.4) is 0 Å². The standard InChI is InChI=1S/C15H20N4/c16-6-3-12-9-13(1-2-14(12)17)18-15-10-19-7-4-11(15)5-8-19/h1-2,9,11,15,18H,3-5,7-8,10,17H2. The first-order valence-electron chi connectivity index (χ1n) is 7.00. The lowest BCUT2D eigenvalue weighted by Crippen LogP contribution is -2.53. The van der Waals surface area contributed by atoms with E-state index in [2.05, 4.69) is 16.3 Å². The van der Waals surface area contributed by atoms with Gasteiger partial charge in [0.25, 0.3) is 0 Å². The van der Waals surface area contributed by atoms with Crippen LogP contribution in [0.2, 0.25) is 0 Å². The van der Waals surface area contributed by atoms with Crippen molar-refractivity contribution in [2.24, 2.45) is 5.92 Å². The first kappa shape index (κ1) is 12.3. The first-order chi connectivity index (χ1) is 9.26. The van der Waals surface area contributed by atoms with E-state index in [9.17, 15) is 0 Å². The molecule has 19 heavy (non-hydrogen) atoms. The Bertz CT molecular complexity index is 497. The van der Waals surface area contributed by atoms with Gasteiger partial charge in [0.2, 0.25) is 0 Å². The number of nitrogen functional groups attached to an aromatic ring is 1. The lowest BCUT2D eigenvalue weighted by Gasteiger charge is -2.45. The minimum atomic E-state index is 0.377. The van der Waals surface area contributed by atoms with Gasteiger partial charge in [-0.2, -0.15) is 5.26 Å². The molecule has 1 atom stereocenters. The summed E-state index contributed by atoms with van der Waals surface area (Å²) in [6.45, 7) is 3.65. The smallest absolute Gasteiger partial charge is 0.0670 e. The number of piperidine rings is 3. The molecule has 0 aromatic heterocycles. The van der Waals surface area contributed by atoms with Gasteiger partial charge in [0.05, 0.1) is 12.5 Å². The van der Waals surface area contributed by atoms with Crippen molar-refractivity contribution in [2.45, 2.75) is 25.3 Å². The van der Waals surface area contributed by atoms with Crippen LogP contribution >= 0.6 is 0 Å². The minimum absolute atomic E-state index is 0.377. The number of nitriles is 1. The van der Waals surface area contributed by atoms with E-state index in [-0.39, 0.29) is 0 Å². The highest BCUT2D eigenvalue weighted by Gasteiger charge is 2.33. The number of rotatable bonds is 3. The van der Waals surface area contributed by atoms with E-state index < -0.39 is 0 Å². The van der Waals surface area contributed by atoms with Crippen molar-refractivity contribution in [3.8, 4) is 6.07 Å². The lowest BCUT2D eigenvalue weighted by atomic mass is 9.84. The molecule has 2 bridgehead atoms. The summed E-state index contributed by atoms with van der Waals surface area (Å²) in [7, 11) is 0. The summed E-state index contributed by atoms with van der Waals surface area (Å²) in [5, 5.41) is 12.4. The normalized spacial score (nSPS) is 28.9. The van der Waals surface area contributed by atoms with Crippen molar-refractivity contribution in [3.05, 3.63) is 23.8 Å². The molecule has 3 N–H and O–H groups in total. The Morgan fingerprint density at radius 2 is 2.16 bits per heavy atom. The number of nitrogens with two attached hydrogens (primary N) is 1. The molecule has 4 nitrogen and oxygen atoms in total. The number of anilines is 2. The molecule has 1 unspecified atom stereocenters. The fraction of sp³-hybridized carbons (Fsp3) is 0.533. The maximum atomic E-state index is 8.81. The van der Waals surface area contributed by atoms with Crippen LogP contribution in [0.5, 0.6) is 0 Å². The molecule has 3 saturated heterocycles. The van der Waals surface area contributed by atoms with Crippen LogP contribution in [0.15, 0.2) is 18.2 Å². The summed E-state index contributed by atoms with van der Waals surface area (Å²) in [6.07, 6.45) is 2.98. The molecule has 0 radical (unpaired) electrons. The predicted molar refractivity (Wildman–Crippen MR) is 76.7 cm³/mol. The van der Waals surface area contributed by atoms with Crippen LogP contribution in [0, 0.1) is 17.2 Å². The maximum absolute atomic E-state index is 8.81. The molecule has 1 aromatic rings. The molecule has 4 rings (SSSR count). The molecular formula is C15H20N4. The van der Waals surface area contributed by atoms with Gasteiger partial charge in [0.1, 0.15) is 0 Å². The SMILES string of the molecule is N#CCc1cc(NC2CN3CCC2CC3)ccc1N. The van der Waals surface area contributed by atoms with Gasteiger partial charge in [-0.25, -0.2) is 0 Å². The lowest BCUT2D eigenvalue weighted by molar-refractivity contribution is 0.0975. The van der Waals surface area contributed by atoms with Crippen molar-refractivity contribution < 1.29 is 0 Å². The zero-order valence-corrected chi connectivity index (χ0v) is 11.1. The number of nitrogens with one attached hydrogen (secondary N) is 1. The van der Waals surface area contributed by atoms with Crippen molar-refractivity contribution in [3.63, 3.8) is 0 Å². The topological polar surface area (TPSA) is 65.1 Å². The summed E-state index contributed by atoms with van der Waals surface area (Å²) in [4.78, 5) is 2.53. The zero-order chi connectivity index (χ0) is 13.2.